The minimum absolute atomic E-state index is 0.0769. The number of amides is 2. The number of benzene rings is 1. The van der Waals surface area contributed by atoms with E-state index in [0.717, 1.165) is 0 Å². The van der Waals surface area contributed by atoms with Crippen LogP contribution in [-0.4, -0.2) is 42.0 Å². The Hall–Kier alpha value is -1.88. The van der Waals surface area contributed by atoms with Crippen LogP contribution in [0.2, 0.25) is 0 Å². The second-order valence-corrected chi connectivity index (χ2v) is 4.71. The number of carbonyl (C=O) groups is 2. The molecule has 5 nitrogen and oxygen atoms in total. The van der Waals surface area contributed by atoms with Gasteiger partial charge >= 0.3 is 0 Å². The van der Waals surface area contributed by atoms with E-state index >= 15 is 0 Å². The summed E-state index contributed by atoms with van der Waals surface area (Å²) < 4.78 is 0. The molecule has 0 radical (unpaired) electrons. The minimum atomic E-state index is -0.481. The van der Waals surface area contributed by atoms with Crippen LogP contribution >= 0.6 is 0 Å². The van der Waals surface area contributed by atoms with Crippen molar-refractivity contribution in [2.24, 2.45) is 0 Å². The summed E-state index contributed by atoms with van der Waals surface area (Å²) in [6.07, 6.45) is 0.227. The number of nitrogens with one attached hydrogen (secondary N) is 1. The number of aliphatic hydroxyl groups is 1. The molecule has 0 saturated heterocycles. The van der Waals surface area contributed by atoms with E-state index < -0.39 is 6.10 Å². The van der Waals surface area contributed by atoms with Crippen molar-refractivity contribution in [3.8, 4) is 0 Å². The van der Waals surface area contributed by atoms with Gasteiger partial charge in [0.15, 0.2) is 0 Å². The fourth-order valence-electron chi connectivity index (χ4n) is 1.52. The molecule has 1 aromatic rings. The molecule has 1 rings (SSSR count). The molecule has 0 heterocycles. The number of anilines is 1. The Morgan fingerprint density at radius 2 is 1.84 bits per heavy atom. The van der Waals surface area contributed by atoms with Crippen LogP contribution in [0.15, 0.2) is 24.3 Å². The fraction of sp³-hybridized carbons (Fsp3) is 0.429. The Morgan fingerprint density at radius 3 is 2.32 bits per heavy atom. The van der Waals surface area contributed by atoms with Gasteiger partial charge in [0, 0.05) is 31.8 Å². The normalized spacial score (nSPS) is 11.8. The van der Waals surface area contributed by atoms with Crippen molar-refractivity contribution in [3.63, 3.8) is 0 Å². The number of carbonyl (C=O) groups excluding carboxylic acids is 2. The lowest BCUT2D eigenvalue weighted by Crippen LogP contribution is -2.21. The van der Waals surface area contributed by atoms with Gasteiger partial charge < -0.3 is 15.3 Å². The van der Waals surface area contributed by atoms with Crippen LogP contribution in [-0.2, 0) is 4.79 Å². The number of aliphatic hydroxyl groups excluding tert-OH is 1. The Kier molecular flexibility index (Phi) is 5.51. The highest BCUT2D eigenvalue weighted by atomic mass is 16.3. The molecule has 1 unspecified atom stereocenters. The number of rotatable bonds is 5. The summed E-state index contributed by atoms with van der Waals surface area (Å²) in [4.78, 5) is 24.7. The number of nitrogens with zero attached hydrogens (tertiary/aromatic N) is 1. The Bertz CT molecular complexity index is 439. The smallest absolute Gasteiger partial charge is 0.253 e. The van der Waals surface area contributed by atoms with Crippen LogP contribution in [0.1, 0.15) is 30.1 Å². The van der Waals surface area contributed by atoms with Gasteiger partial charge in [-0.15, -0.1) is 0 Å². The highest BCUT2D eigenvalue weighted by Gasteiger charge is 2.08. The fourth-order valence-corrected chi connectivity index (χ4v) is 1.52. The second-order valence-electron chi connectivity index (χ2n) is 4.71. The van der Waals surface area contributed by atoms with E-state index in [0.29, 0.717) is 17.7 Å². The number of hydrogen-bond acceptors (Lipinski definition) is 3. The predicted octanol–water partition coefficient (Wildman–Crippen LogP) is 1.49. The summed E-state index contributed by atoms with van der Waals surface area (Å²) in [5, 5.41) is 11.8. The van der Waals surface area contributed by atoms with Crippen molar-refractivity contribution in [1.82, 2.24) is 4.90 Å². The molecule has 2 amide bonds. The lowest BCUT2D eigenvalue weighted by atomic mass is 10.1. The van der Waals surface area contributed by atoms with E-state index in [4.69, 9.17) is 5.11 Å². The van der Waals surface area contributed by atoms with E-state index in [1.165, 1.54) is 4.90 Å². The van der Waals surface area contributed by atoms with Gasteiger partial charge in [-0.2, -0.15) is 0 Å². The average molecular weight is 264 g/mol. The van der Waals surface area contributed by atoms with Crippen molar-refractivity contribution >= 4 is 17.5 Å². The molecular weight excluding hydrogens is 244 g/mol. The highest BCUT2D eigenvalue weighted by molar-refractivity contribution is 5.95. The summed E-state index contributed by atoms with van der Waals surface area (Å²) in [7, 11) is 3.38. The molecule has 0 aromatic heterocycles. The third-order valence-corrected chi connectivity index (χ3v) is 2.61. The minimum Gasteiger partial charge on any atom is -0.393 e. The van der Waals surface area contributed by atoms with E-state index in [-0.39, 0.29) is 18.2 Å². The van der Waals surface area contributed by atoms with Crippen molar-refractivity contribution in [2.45, 2.75) is 25.9 Å². The second kappa shape index (κ2) is 6.89. The molecule has 2 N–H and O–H groups in total. The first kappa shape index (κ1) is 15.2. The molecule has 0 saturated carbocycles. The van der Waals surface area contributed by atoms with E-state index in [9.17, 15) is 9.59 Å². The van der Waals surface area contributed by atoms with Gasteiger partial charge in [-0.3, -0.25) is 9.59 Å². The zero-order chi connectivity index (χ0) is 14.4. The topological polar surface area (TPSA) is 69.6 Å². The third-order valence-electron chi connectivity index (χ3n) is 2.61. The zero-order valence-electron chi connectivity index (χ0n) is 11.5. The van der Waals surface area contributed by atoms with E-state index in [1.807, 2.05) is 0 Å². The summed E-state index contributed by atoms with van der Waals surface area (Å²) in [5.74, 6) is -0.223. The molecule has 19 heavy (non-hydrogen) atoms. The van der Waals surface area contributed by atoms with Crippen molar-refractivity contribution in [2.75, 3.05) is 19.4 Å². The molecular formula is C14H20N2O3. The zero-order valence-corrected chi connectivity index (χ0v) is 11.5. The largest absolute Gasteiger partial charge is 0.393 e. The quantitative estimate of drug-likeness (QED) is 0.846. The van der Waals surface area contributed by atoms with Crippen molar-refractivity contribution < 1.29 is 14.7 Å². The maximum absolute atomic E-state index is 11.7. The first-order valence-electron chi connectivity index (χ1n) is 6.20. The Morgan fingerprint density at radius 1 is 1.26 bits per heavy atom. The molecule has 0 aliphatic heterocycles. The maximum Gasteiger partial charge on any atom is 0.253 e. The molecule has 0 spiro atoms. The Balaban J connectivity index is 2.57. The molecule has 0 aliphatic rings. The molecule has 0 aliphatic carbocycles. The van der Waals surface area contributed by atoms with Gasteiger partial charge in [-0.25, -0.2) is 0 Å². The molecule has 104 valence electrons. The van der Waals surface area contributed by atoms with Crippen LogP contribution < -0.4 is 5.32 Å². The van der Waals surface area contributed by atoms with Crippen LogP contribution in [0.4, 0.5) is 5.69 Å². The molecule has 0 bridgehead atoms. The molecule has 1 aromatic carbocycles. The number of hydrogen-bond donors (Lipinski definition) is 2. The first-order chi connectivity index (χ1) is 8.90. The van der Waals surface area contributed by atoms with Gasteiger partial charge in [0.2, 0.25) is 5.91 Å². The van der Waals surface area contributed by atoms with Crippen LogP contribution in [0.5, 0.6) is 0 Å². The summed E-state index contributed by atoms with van der Waals surface area (Å²) in [6, 6.07) is 6.73. The van der Waals surface area contributed by atoms with E-state index in [2.05, 4.69) is 5.32 Å². The van der Waals surface area contributed by atoms with Gasteiger partial charge in [-0.1, -0.05) is 0 Å². The SMILES string of the molecule is CC(O)CCC(=O)Nc1ccc(C(=O)N(C)C)cc1. The van der Waals surface area contributed by atoms with Gasteiger partial charge in [0.1, 0.15) is 0 Å². The highest BCUT2D eigenvalue weighted by Crippen LogP contribution is 2.11. The van der Waals surface area contributed by atoms with Gasteiger partial charge in [0.05, 0.1) is 6.10 Å². The van der Waals surface area contributed by atoms with Gasteiger partial charge in [-0.05, 0) is 37.6 Å². The monoisotopic (exact) mass is 264 g/mol. The predicted molar refractivity (Wildman–Crippen MR) is 74.0 cm³/mol. The van der Waals surface area contributed by atoms with Crippen molar-refractivity contribution in [3.05, 3.63) is 29.8 Å². The van der Waals surface area contributed by atoms with Gasteiger partial charge in [0.25, 0.3) is 5.91 Å². The first-order valence-corrected chi connectivity index (χ1v) is 6.20. The lowest BCUT2D eigenvalue weighted by molar-refractivity contribution is -0.116. The standard InChI is InChI=1S/C14H20N2O3/c1-10(17)4-9-13(18)15-12-7-5-11(6-8-12)14(19)16(2)3/h5-8,10,17H,4,9H2,1-3H3,(H,15,18). The molecule has 5 heteroatoms. The summed E-state index contributed by atoms with van der Waals surface area (Å²) in [6.45, 7) is 1.65. The molecule has 0 fully saturated rings. The van der Waals surface area contributed by atoms with Crippen LogP contribution in [0.3, 0.4) is 0 Å². The average Bonchev–Trinajstić information content (AvgIpc) is 2.36. The summed E-state index contributed by atoms with van der Waals surface area (Å²) >= 11 is 0. The van der Waals surface area contributed by atoms with Crippen LogP contribution in [0.25, 0.3) is 0 Å². The van der Waals surface area contributed by atoms with E-state index in [1.54, 1.807) is 45.3 Å². The lowest BCUT2D eigenvalue weighted by Gasteiger charge is -2.11. The Labute approximate surface area is 113 Å². The van der Waals surface area contributed by atoms with Crippen molar-refractivity contribution in [1.29, 1.82) is 0 Å². The summed E-state index contributed by atoms with van der Waals surface area (Å²) in [5.41, 5.74) is 1.22. The van der Waals surface area contributed by atoms with Crippen LogP contribution in [0, 0.1) is 0 Å². The maximum atomic E-state index is 11.7. The molecule has 1 atom stereocenters. The third kappa shape index (κ3) is 5.09.